The molecule has 3 heteroatoms. The maximum absolute atomic E-state index is 10.1. The number of benzene rings is 1. The van der Waals surface area contributed by atoms with Crippen molar-refractivity contribution in [2.24, 2.45) is 0 Å². The summed E-state index contributed by atoms with van der Waals surface area (Å²) in [6, 6.07) is 5.23. The fraction of sp³-hybridized carbons (Fsp3) is 0.385. The fourth-order valence-electron chi connectivity index (χ4n) is 2.03. The lowest BCUT2D eigenvalue weighted by molar-refractivity contribution is 0.0800. The van der Waals surface area contributed by atoms with Gasteiger partial charge >= 0.3 is 0 Å². The topological polar surface area (TPSA) is 45.4 Å². The summed E-state index contributed by atoms with van der Waals surface area (Å²) in [6.45, 7) is 6.40. The van der Waals surface area contributed by atoms with Gasteiger partial charge in [0.25, 0.3) is 0 Å². The zero-order valence-corrected chi connectivity index (χ0v) is 9.86. The third-order valence-electron chi connectivity index (χ3n) is 2.87. The molecule has 0 aliphatic heterocycles. The van der Waals surface area contributed by atoms with E-state index in [0.717, 1.165) is 23.0 Å². The van der Waals surface area contributed by atoms with Crippen molar-refractivity contribution in [1.82, 2.24) is 4.57 Å². The molecule has 0 unspecified atom stereocenters. The van der Waals surface area contributed by atoms with Crippen LogP contribution in [0, 0.1) is 0 Å². The average molecular weight is 219 g/mol. The Morgan fingerprint density at radius 1 is 1.31 bits per heavy atom. The lowest BCUT2D eigenvalue weighted by atomic mass is 9.98. The summed E-state index contributed by atoms with van der Waals surface area (Å²) in [5.41, 5.74) is 0.985. The minimum atomic E-state index is -0.865. The summed E-state index contributed by atoms with van der Waals surface area (Å²) in [5, 5.41) is 20.6. The molecule has 1 aromatic heterocycles. The first-order chi connectivity index (χ1) is 7.43. The normalized spacial score (nSPS) is 12.2. The summed E-state index contributed by atoms with van der Waals surface area (Å²) in [4.78, 5) is 0. The van der Waals surface area contributed by atoms with Crippen LogP contribution in [0.25, 0.3) is 10.9 Å². The molecule has 0 saturated heterocycles. The molecule has 0 saturated carbocycles. The number of hydrogen-bond acceptors (Lipinski definition) is 2. The van der Waals surface area contributed by atoms with Crippen LogP contribution in [-0.4, -0.2) is 14.8 Å². The SMILES string of the molecule is CCn1cc(C(C)(C)O)c2ccc(O)cc21. The summed E-state index contributed by atoms with van der Waals surface area (Å²) in [5.74, 6) is 0.252. The quantitative estimate of drug-likeness (QED) is 0.815. The number of aromatic nitrogens is 1. The zero-order valence-electron chi connectivity index (χ0n) is 9.86. The van der Waals surface area contributed by atoms with Crippen LogP contribution in [0.3, 0.4) is 0 Å². The van der Waals surface area contributed by atoms with Crippen molar-refractivity contribution >= 4 is 10.9 Å². The first-order valence-electron chi connectivity index (χ1n) is 5.48. The van der Waals surface area contributed by atoms with Crippen molar-refractivity contribution in [3.05, 3.63) is 30.0 Å². The van der Waals surface area contributed by atoms with Gasteiger partial charge in [0.2, 0.25) is 0 Å². The van der Waals surface area contributed by atoms with E-state index in [0.29, 0.717) is 0 Å². The van der Waals surface area contributed by atoms with Crippen LogP contribution < -0.4 is 0 Å². The smallest absolute Gasteiger partial charge is 0.117 e. The molecule has 0 aliphatic rings. The van der Waals surface area contributed by atoms with Gasteiger partial charge in [-0.1, -0.05) is 0 Å². The standard InChI is InChI=1S/C13H17NO2/c1-4-14-8-11(13(2,3)16)10-6-5-9(15)7-12(10)14/h5-8,15-16H,4H2,1-3H3. The zero-order chi connectivity index (χ0) is 11.9. The maximum atomic E-state index is 10.1. The Morgan fingerprint density at radius 3 is 2.56 bits per heavy atom. The number of hydrogen-bond donors (Lipinski definition) is 2. The van der Waals surface area contributed by atoms with E-state index in [9.17, 15) is 10.2 Å². The number of fused-ring (bicyclic) bond motifs is 1. The molecule has 3 nitrogen and oxygen atoms in total. The molecule has 0 spiro atoms. The van der Waals surface area contributed by atoms with Crippen LogP contribution in [0.1, 0.15) is 26.3 Å². The lowest BCUT2D eigenvalue weighted by Crippen LogP contribution is -2.14. The molecule has 2 N–H and O–H groups in total. The monoisotopic (exact) mass is 219 g/mol. The van der Waals surface area contributed by atoms with Gasteiger partial charge < -0.3 is 14.8 Å². The van der Waals surface area contributed by atoms with E-state index < -0.39 is 5.60 Å². The molecule has 86 valence electrons. The van der Waals surface area contributed by atoms with Crippen molar-refractivity contribution < 1.29 is 10.2 Å². The van der Waals surface area contributed by atoms with E-state index in [1.54, 1.807) is 26.0 Å². The highest BCUT2D eigenvalue weighted by Gasteiger charge is 2.21. The van der Waals surface area contributed by atoms with Gasteiger partial charge in [-0.2, -0.15) is 0 Å². The molecular formula is C13H17NO2. The molecule has 2 aromatic rings. The second-order valence-electron chi connectivity index (χ2n) is 4.59. The molecule has 1 heterocycles. The molecule has 0 atom stereocenters. The van der Waals surface area contributed by atoms with Gasteiger partial charge in [-0.25, -0.2) is 0 Å². The summed E-state index contributed by atoms with van der Waals surface area (Å²) in [7, 11) is 0. The van der Waals surface area contributed by atoms with Crippen molar-refractivity contribution in [3.63, 3.8) is 0 Å². The number of nitrogens with zero attached hydrogens (tertiary/aromatic N) is 1. The van der Waals surface area contributed by atoms with Crippen LogP contribution in [0.5, 0.6) is 5.75 Å². The lowest BCUT2D eigenvalue weighted by Gasteiger charge is -2.16. The number of phenolic OH excluding ortho intramolecular Hbond substituents is 1. The number of rotatable bonds is 2. The highest BCUT2D eigenvalue weighted by atomic mass is 16.3. The average Bonchev–Trinajstić information content (AvgIpc) is 2.55. The minimum Gasteiger partial charge on any atom is -0.508 e. The predicted molar refractivity (Wildman–Crippen MR) is 64.5 cm³/mol. The molecule has 0 bridgehead atoms. The predicted octanol–water partition coefficient (Wildman–Crippen LogP) is 2.59. The molecule has 2 rings (SSSR count). The Balaban J connectivity index is 2.78. The molecular weight excluding hydrogens is 202 g/mol. The summed E-state index contributed by atoms with van der Waals surface area (Å²) in [6.07, 6.45) is 1.95. The maximum Gasteiger partial charge on any atom is 0.117 e. The van der Waals surface area contributed by atoms with Crippen molar-refractivity contribution in [2.45, 2.75) is 32.9 Å². The third-order valence-corrected chi connectivity index (χ3v) is 2.87. The largest absolute Gasteiger partial charge is 0.508 e. The van der Waals surface area contributed by atoms with Crippen molar-refractivity contribution in [1.29, 1.82) is 0 Å². The van der Waals surface area contributed by atoms with Gasteiger partial charge in [0.05, 0.1) is 11.1 Å². The van der Waals surface area contributed by atoms with Gasteiger partial charge in [-0.15, -0.1) is 0 Å². The van der Waals surface area contributed by atoms with E-state index >= 15 is 0 Å². The van der Waals surface area contributed by atoms with Crippen molar-refractivity contribution in [2.75, 3.05) is 0 Å². The summed E-state index contributed by atoms with van der Waals surface area (Å²) >= 11 is 0. The third kappa shape index (κ3) is 1.67. The Morgan fingerprint density at radius 2 is 2.00 bits per heavy atom. The van der Waals surface area contributed by atoms with E-state index in [1.165, 1.54) is 0 Å². The first-order valence-corrected chi connectivity index (χ1v) is 5.48. The second kappa shape index (κ2) is 3.52. The Bertz CT molecular complexity index is 520. The van der Waals surface area contributed by atoms with E-state index in [2.05, 4.69) is 0 Å². The highest BCUT2D eigenvalue weighted by Crippen LogP contribution is 2.32. The molecule has 1 aromatic carbocycles. The molecule has 0 aliphatic carbocycles. The van der Waals surface area contributed by atoms with Gasteiger partial charge in [0, 0.05) is 29.8 Å². The van der Waals surface area contributed by atoms with E-state index in [1.807, 2.05) is 23.8 Å². The van der Waals surface area contributed by atoms with Crippen molar-refractivity contribution in [3.8, 4) is 5.75 Å². The second-order valence-corrected chi connectivity index (χ2v) is 4.59. The molecule has 0 fully saturated rings. The van der Waals surface area contributed by atoms with Crippen LogP contribution in [0.4, 0.5) is 0 Å². The first kappa shape index (κ1) is 11.0. The number of aryl methyl sites for hydroxylation is 1. The fourth-order valence-corrected chi connectivity index (χ4v) is 2.03. The Hall–Kier alpha value is -1.48. The van der Waals surface area contributed by atoms with Crippen LogP contribution in [0.15, 0.2) is 24.4 Å². The van der Waals surface area contributed by atoms with Crippen LogP contribution >= 0.6 is 0 Å². The molecule has 0 radical (unpaired) electrons. The van der Waals surface area contributed by atoms with Gasteiger partial charge in [-0.3, -0.25) is 0 Å². The van der Waals surface area contributed by atoms with Gasteiger partial charge in [0.1, 0.15) is 5.75 Å². The Kier molecular flexibility index (Phi) is 2.43. The summed E-state index contributed by atoms with van der Waals surface area (Å²) < 4.78 is 2.03. The molecule has 0 amide bonds. The Labute approximate surface area is 94.9 Å². The van der Waals surface area contributed by atoms with Crippen LogP contribution in [0.2, 0.25) is 0 Å². The van der Waals surface area contributed by atoms with E-state index in [-0.39, 0.29) is 5.75 Å². The number of aromatic hydroxyl groups is 1. The van der Waals surface area contributed by atoms with Gasteiger partial charge in [-0.05, 0) is 32.9 Å². The highest BCUT2D eigenvalue weighted by molar-refractivity contribution is 5.86. The van der Waals surface area contributed by atoms with E-state index in [4.69, 9.17) is 0 Å². The molecule has 16 heavy (non-hydrogen) atoms. The van der Waals surface area contributed by atoms with Crippen LogP contribution in [-0.2, 0) is 12.1 Å². The van der Waals surface area contributed by atoms with Gasteiger partial charge in [0.15, 0.2) is 0 Å². The number of phenols is 1. The number of aliphatic hydroxyl groups is 1. The minimum absolute atomic E-state index is 0.252.